The number of hydrogen-bond donors (Lipinski definition) is 1. The summed E-state index contributed by atoms with van der Waals surface area (Å²) in [6.07, 6.45) is 1.70. The zero-order chi connectivity index (χ0) is 28.3. The van der Waals surface area contributed by atoms with Crippen molar-refractivity contribution in [2.45, 2.75) is 36.0 Å². The van der Waals surface area contributed by atoms with E-state index in [9.17, 15) is 19.7 Å². The number of para-hydroxylation sites is 2. The standard InChI is InChI=1S/C31H29N3O5S/c1-2-9-30(35)39-25-16-18-26(19-17-25)40-27-13-8-12-24(22-27)33(21-20-23-10-4-3-5-11-23)31(36)32-28-14-6-7-15-29(28)34(37)38/h3-8,10-19,22H,2,9,20-21H2,1H3,(H,32,36). The Bertz CT molecular complexity index is 1460. The van der Waals surface area contributed by atoms with Gasteiger partial charge in [0.15, 0.2) is 0 Å². The van der Waals surface area contributed by atoms with Crippen LogP contribution in [0.3, 0.4) is 0 Å². The smallest absolute Gasteiger partial charge is 0.326 e. The molecule has 8 nitrogen and oxygen atoms in total. The normalized spacial score (nSPS) is 10.5. The Morgan fingerprint density at radius 1 is 0.900 bits per heavy atom. The van der Waals surface area contributed by atoms with E-state index >= 15 is 0 Å². The van der Waals surface area contributed by atoms with Crippen molar-refractivity contribution >= 4 is 40.8 Å². The molecule has 0 aromatic heterocycles. The largest absolute Gasteiger partial charge is 0.427 e. The number of nitro benzene ring substituents is 1. The number of nitro groups is 1. The van der Waals surface area contributed by atoms with Crippen molar-refractivity contribution in [1.82, 2.24) is 0 Å². The van der Waals surface area contributed by atoms with E-state index in [0.29, 0.717) is 30.8 Å². The number of anilines is 2. The lowest BCUT2D eigenvalue weighted by atomic mass is 10.1. The van der Waals surface area contributed by atoms with E-state index in [4.69, 9.17) is 4.74 Å². The average Bonchev–Trinajstić information content (AvgIpc) is 2.95. The molecule has 0 saturated heterocycles. The van der Waals surface area contributed by atoms with Crippen LogP contribution in [0, 0.1) is 10.1 Å². The first-order chi connectivity index (χ1) is 19.4. The highest BCUT2D eigenvalue weighted by Crippen LogP contribution is 2.32. The molecule has 204 valence electrons. The third kappa shape index (κ3) is 7.94. The molecule has 0 saturated carbocycles. The predicted molar refractivity (Wildman–Crippen MR) is 157 cm³/mol. The first-order valence-electron chi connectivity index (χ1n) is 12.9. The minimum absolute atomic E-state index is 0.132. The quantitative estimate of drug-likeness (QED) is 0.0879. The van der Waals surface area contributed by atoms with Crippen molar-refractivity contribution in [2.24, 2.45) is 0 Å². The fraction of sp³-hybridized carbons (Fsp3) is 0.161. The maximum atomic E-state index is 13.5. The molecule has 0 spiro atoms. The lowest BCUT2D eigenvalue weighted by molar-refractivity contribution is -0.383. The second kappa shape index (κ2) is 14.0. The summed E-state index contributed by atoms with van der Waals surface area (Å²) in [5.41, 5.74) is 1.68. The monoisotopic (exact) mass is 555 g/mol. The number of hydrogen-bond acceptors (Lipinski definition) is 6. The molecule has 0 aliphatic carbocycles. The number of urea groups is 1. The summed E-state index contributed by atoms with van der Waals surface area (Å²) in [4.78, 5) is 39.6. The molecule has 0 fully saturated rings. The fourth-order valence-corrected chi connectivity index (χ4v) is 4.84. The molecule has 0 unspecified atom stereocenters. The van der Waals surface area contributed by atoms with Crippen molar-refractivity contribution in [2.75, 3.05) is 16.8 Å². The molecule has 4 aromatic rings. The van der Waals surface area contributed by atoms with Gasteiger partial charge in [0.25, 0.3) is 5.69 Å². The predicted octanol–water partition coefficient (Wildman–Crippen LogP) is 7.73. The van der Waals surface area contributed by atoms with Crippen molar-refractivity contribution in [1.29, 1.82) is 0 Å². The van der Waals surface area contributed by atoms with E-state index in [1.54, 1.807) is 29.2 Å². The van der Waals surface area contributed by atoms with Gasteiger partial charge in [0.2, 0.25) is 0 Å². The van der Waals surface area contributed by atoms with Crippen LogP contribution in [0.4, 0.5) is 21.9 Å². The van der Waals surface area contributed by atoms with E-state index < -0.39 is 11.0 Å². The van der Waals surface area contributed by atoms with Crippen molar-refractivity contribution < 1.29 is 19.2 Å². The van der Waals surface area contributed by atoms with Gasteiger partial charge in [-0.05, 0) is 66.9 Å². The molecule has 9 heteroatoms. The Morgan fingerprint density at radius 2 is 1.62 bits per heavy atom. The first kappa shape index (κ1) is 28.4. The third-order valence-electron chi connectivity index (χ3n) is 5.93. The summed E-state index contributed by atoms with van der Waals surface area (Å²) in [5.74, 6) is 0.237. The highest BCUT2D eigenvalue weighted by atomic mass is 32.2. The molecule has 4 rings (SSSR count). The van der Waals surface area contributed by atoms with E-state index in [2.05, 4.69) is 5.32 Å². The van der Waals surface area contributed by atoms with Crippen molar-refractivity contribution in [3.8, 4) is 5.75 Å². The number of amides is 2. The minimum Gasteiger partial charge on any atom is -0.427 e. The summed E-state index contributed by atoms with van der Waals surface area (Å²) < 4.78 is 5.33. The van der Waals surface area contributed by atoms with Crippen molar-refractivity contribution in [3.05, 3.63) is 119 Å². The first-order valence-corrected chi connectivity index (χ1v) is 13.7. The molecule has 4 aromatic carbocycles. The Balaban J connectivity index is 1.54. The molecule has 0 radical (unpaired) electrons. The van der Waals surface area contributed by atoms with Gasteiger partial charge < -0.3 is 10.1 Å². The minimum atomic E-state index is -0.517. The summed E-state index contributed by atoms with van der Waals surface area (Å²) in [5, 5.41) is 14.2. The van der Waals surface area contributed by atoms with Gasteiger partial charge in [-0.25, -0.2) is 4.79 Å². The van der Waals surface area contributed by atoms with Crippen LogP contribution in [0.5, 0.6) is 5.75 Å². The molecule has 0 bridgehead atoms. The van der Waals surface area contributed by atoms with Crippen LogP contribution in [0.15, 0.2) is 113 Å². The summed E-state index contributed by atoms with van der Waals surface area (Å²) in [6, 6.07) is 30.2. The zero-order valence-corrected chi connectivity index (χ0v) is 22.8. The number of nitrogens with one attached hydrogen (secondary N) is 1. The van der Waals surface area contributed by atoms with Crippen LogP contribution in [-0.2, 0) is 11.2 Å². The number of esters is 1. The molecule has 2 amide bonds. The highest BCUT2D eigenvalue weighted by Gasteiger charge is 2.21. The van der Waals surface area contributed by atoms with Crippen LogP contribution >= 0.6 is 11.8 Å². The Kier molecular flexibility index (Phi) is 9.90. The van der Waals surface area contributed by atoms with Crippen LogP contribution in [0.25, 0.3) is 0 Å². The van der Waals surface area contributed by atoms with Crippen LogP contribution < -0.4 is 15.0 Å². The van der Waals surface area contributed by atoms with Crippen LogP contribution in [-0.4, -0.2) is 23.5 Å². The number of ether oxygens (including phenoxy) is 1. The van der Waals surface area contributed by atoms with Gasteiger partial charge in [-0.15, -0.1) is 0 Å². The Labute approximate surface area is 237 Å². The fourth-order valence-electron chi connectivity index (χ4n) is 3.97. The summed E-state index contributed by atoms with van der Waals surface area (Å²) in [6.45, 7) is 2.29. The van der Waals surface area contributed by atoms with Gasteiger partial charge in [0.05, 0.1) is 4.92 Å². The number of nitrogens with zero attached hydrogens (tertiary/aromatic N) is 2. The summed E-state index contributed by atoms with van der Waals surface area (Å²) >= 11 is 1.51. The molecule has 0 aliphatic heterocycles. The van der Waals surface area contributed by atoms with Gasteiger partial charge in [-0.2, -0.15) is 0 Å². The van der Waals surface area contributed by atoms with Crippen LogP contribution in [0.1, 0.15) is 25.3 Å². The Morgan fingerprint density at radius 3 is 2.35 bits per heavy atom. The van der Waals surface area contributed by atoms with E-state index in [0.717, 1.165) is 21.8 Å². The maximum absolute atomic E-state index is 13.5. The van der Waals surface area contributed by atoms with E-state index in [1.807, 2.05) is 73.7 Å². The lowest BCUT2D eigenvalue weighted by Crippen LogP contribution is -2.36. The van der Waals surface area contributed by atoms with Gasteiger partial charge in [-0.3, -0.25) is 19.8 Å². The molecular weight excluding hydrogens is 526 g/mol. The second-order valence-corrected chi connectivity index (χ2v) is 10.0. The molecule has 0 atom stereocenters. The second-order valence-electron chi connectivity index (χ2n) is 8.89. The van der Waals surface area contributed by atoms with E-state index in [1.165, 1.54) is 23.9 Å². The maximum Gasteiger partial charge on any atom is 0.326 e. The topological polar surface area (TPSA) is 102 Å². The SMILES string of the molecule is CCCC(=O)Oc1ccc(Sc2cccc(N(CCc3ccccc3)C(=O)Nc3ccccc3[N+](=O)[O-])c2)cc1. The highest BCUT2D eigenvalue weighted by molar-refractivity contribution is 7.99. The summed E-state index contributed by atoms with van der Waals surface area (Å²) in [7, 11) is 0. The number of carbonyl (C=O) groups excluding carboxylic acids is 2. The molecular formula is C31H29N3O5S. The number of benzene rings is 4. The van der Waals surface area contributed by atoms with E-state index in [-0.39, 0.29) is 17.3 Å². The van der Waals surface area contributed by atoms with Gasteiger partial charge in [0, 0.05) is 34.5 Å². The average molecular weight is 556 g/mol. The van der Waals surface area contributed by atoms with Gasteiger partial charge >= 0.3 is 12.0 Å². The van der Waals surface area contributed by atoms with Gasteiger partial charge in [0.1, 0.15) is 11.4 Å². The molecule has 0 heterocycles. The Hall–Kier alpha value is -4.63. The molecule has 1 N–H and O–H groups in total. The van der Waals surface area contributed by atoms with Gasteiger partial charge in [-0.1, -0.05) is 67.2 Å². The third-order valence-corrected chi connectivity index (χ3v) is 6.93. The number of carbonyl (C=O) groups is 2. The molecule has 40 heavy (non-hydrogen) atoms. The zero-order valence-electron chi connectivity index (χ0n) is 22.0. The lowest BCUT2D eigenvalue weighted by Gasteiger charge is -2.24. The molecule has 0 aliphatic rings. The number of rotatable bonds is 11. The van der Waals surface area contributed by atoms with Crippen LogP contribution in [0.2, 0.25) is 0 Å². The van der Waals surface area contributed by atoms with Crippen molar-refractivity contribution in [3.63, 3.8) is 0 Å².